The predicted octanol–water partition coefficient (Wildman–Crippen LogP) is 6.31. The number of aromatic nitrogens is 1. The van der Waals surface area contributed by atoms with Gasteiger partial charge in [-0.15, -0.1) is 0 Å². The van der Waals surface area contributed by atoms with Crippen molar-refractivity contribution in [3.8, 4) is 11.1 Å². The van der Waals surface area contributed by atoms with E-state index in [0.717, 1.165) is 32.9 Å². The normalized spacial score (nSPS) is 12.6. The van der Waals surface area contributed by atoms with Crippen molar-refractivity contribution >= 4 is 65.1 Å². The molecule has 0 aliphatic carbocycles. The van der Waals surface area contributed by atoms with Crippen LogP contribution in [0, 0.1) is 3.57 Å². The van der Waals surface area contributed by atoms with Gasteiger partial charge in [-0.25, -0.2) is 0 Å². The van der Waals surface area contributed by atoms with Crippen LogP contribution in [-0.2, 0) is 0 Å². The second-order valence-electron chi connectivity index (χ2n) is 10.5. The predicted molar refractivity (Wildman–Crippen MR) is 183 cm³/mol. The van der Waals surface area contributed by atoms with Crippen LogP contribution in [0.3, 0.4) is 0 Å². The second kappa shape index (κ2) is 11.4. The molecule has 8 rings (SSSR count). The molecule has 0 spiro atoms. The molecule has 2 aromatic heterocycles. The number of thiophene rings is 1. The van der Waals surface area contributed by atoms with Crippen molar-refractivity contribution < 1.29 is 21.5 Å². The van der Waals surface area contributed by atoms with E-state index in [2.05, 4.69) is 114 Å². The summed E-state index contributed by atoms with van der Waals surface area (Å²) in [6.45, 7) is 0. The van der Waals surface area contributed by atoms with Crippen LogP contribution in [0.15, 0.2) is 154 Å². The molecule has 0 amide bonds. The Bertz CT molecular complexity index is 2370. The Kier molecular flexibility index (Phi) is 6.93. The summed E-state index contributed by atoms with van der Waals surface area (Å²) < 4.78 is 10.9. The quantitative estimate of drug-likeness (QED) is 0.131. The van der Waals surface area contributed by atoms with E-state index in [4.69, 9.17) is 13.9 Å². The molecular formula is C38H26IN4S-. The molecule has 0 unspecified atom stereocenters. The first kappa shape index (κ1) is 26.8. The van der Waals surface area contributed by atoms with E-state index in [0.29, 0.717) is 11.8 Å². The zero-order valence-corrected chi connectivity index (χ0v) is 26.5. The minimum absolute atomic E-state index is 0.396. The third kappa shape index (κ3) is 4.76. The number of para-hydroxylation sites is 1. The molecule has 0 saturated heterocycles. The van der Waals surface area contributed by atoms with Crippen LogP contribution in [-0.4, -0.2) is 16.4 Å². The van der Waals surface area contributed by atoms with Crippen molar-refractivity contribution in [2.75, 3.05) is 0 Å². The summed E-state index contributed by atoms with van der Waals surface area (Å²) in [5.41, 5.74) is 12.3. The van der Waals surface area contributed by atoms with Crippen molar-refractivity contribution in [1.82, 2.24) is 4.57 Å². The second-order valence-corrected chi connectivity index (χ2v) is 13.8. The third-order valence-electron chi connectivity index (χ3n) is 7.82. The van der Waals surface area contributed by atoms with Crippen molar-refractivity contribution in [2.45, 2.75) is 0 Å². The number of benzene rings is 6. The molecule has 0 aliphatic rings. The molecular weight excluding hydrogens is 671 g/mol. The number of hydrogen-bond donors (Lipinski definition) is 1. The van der Waals surface area contributed by atoms with E-state index in [1.165, 1.54) is 29.3 Å². The Morgan fingerprint density at radius 3 is 2.14 bits per heavy atom. The van der Waals surface area contributed by atoms with Gasteiger partial charge >= 0.3 is 247 Å². The average molecular weight is 698 g/mol. The molecule has 6 heteroatoms. The SMILES string of the molecule is NC(=NC(=N[I-]c1ccccc1)c1ccccc1)n1c2ccccc2c2ccc(-c3cccc4c3sc3ccccc34)cc21. The van der Waals surface area contributed by atoms with Crippen LogP contribution >= 0.6 is 11.3 Å². The van der Waals surface area contributed by atoms with Gasteiger partial charge in [-0.1, -0.05) is 18.2 Å². The summed E-state index contributed by atoms with van der Waals surface area (Å²) in [6, 6.07) is 50.8. The van der Waals surface area contributed by atoms with Crippen LogP contribution in [0.4, 0.5) is 0 Å². The Hall–Kier alpha value is -4.79. The van der Waals surface area contributed by atoms with Crippen LogP contribution in [0.25, 0.3) is 53.1 Å². The van der Waals surface area contributed by atoms with Gasteiger partial charge in [0.15, 0.2) is 0 Å². The average Bonchev–Trinajstić information content (AvgIpc) is 3.63. The number of fused-ring (bicyclic) bond motifs is 6. The molecule has 0 atom stereocenters. The number of halogens is 1. The van der Waals surface area contributed by atoms with E-state index in [1.807, 2.05) is 47.7 Å². The first-order valence-corrected chi connectivity index (χ1v) is 17.2. The summed E-state index contributed by atoms with van der Waals surface area (Å²) in [5, 5.41) is 4.87. The fraction of sp³-hybridized carbons (Fsp3) is 0. The first-order chi connectivity index (χ1) is 21.7. The topological polar surface area (TPSA) is 55.7 Å². The molecule has 0 saturated carbocycles. The number of hydrogen-bond acceptors (Lipinski definition) is 2. The number of amidine groups is 1. The molecule has 4 nitrogen and oxygen atoms in total. The Morgan fingerprint density at radius 2 is 1.30 bits per heavy atom. The van der Waals surface area contributed by atoms with E-state index in [9.17, 15) is 0 Å². The van der Waals surface area contributed by atoms with Gasteiger partial charge in [-0.3, -0.25) is 0 Å². The molecule has 2 heterocycles. The molecule has 8 aromatic rings. The fourth-order valence-corrected chi connectivity index (χ4v) is 8.67. The Labute approximate surface area is 269 Å². The molecule has 0 aliphatic heterocycles. The number of nitrogens with zero attached hydrogens (tertiary/aromatic N) is 3. The number of nitrogens with two attached hydrogens (primary N) is 1. The zero-order chi connectivity index (χ0) is 29.5. The van der Waals surface area contributed by atoms with Gasteiger partial charge in [-0.2, -0.15) is 0 Å². The molecule has 6 aromatic carbocycles. The van der Waals surface area contributed by atoms with E-state index >= 15 is 0 Å². The number of rotatable bonds is 4. The standard InChI is InChI=1S/C38H26IN4S/c40-38(41-37(25-12-3-1-4-13-25)42-39-27-14-5-2-6-15-27)43-33-20-9-7-16-29(33)30-23-22-26(24-34(30)43)28-18-11-19-32-31-17-8-10-21-35(31)44-36(28)32/h1-24H,(H2,40,41,42)/q-1. The van der Waals surface area contributed by atoms with Gasteiger partial charge in [0, 0.05) is 0 Å². The van der Waals surface area contributed by atoms with Crippen molar-refractivity contribution in [1.29, 1.82) is 0 Å². The molecule has 0 fully saturated rings. The van der Waals surface area contributed by atoms with Gasteiger partial charge in [-0.05, 0) is 6.07 Å². The molecule has 0 radical (unpaired) electrons. The van der Waals surface area contributed by atoms with Gasteiger partial charge in [0.1, 0.15) is 0 Å². The molecule has 2 N–H and O–H groups in total. The summed E-state index contributed by atoms with van der Waals surface area (Å²) in [5.74, 6) is 1.05. The first-order valence-electron chi connectivity index (χ1n) is 14.4. The van der Waals surface area contributed by atoms with Crippen molar-refractivity contribution in [2.24, 2.45) is 13.9 Å². The monoisotopic (exact) mass is 697 g/mol. The maximum atomic E-state index is 6.96. The van der Waals surface area contributed by atoms with Crippen LogP contribution in [0.2, 0.25) is 0 Å². The molecule has 0 bridgehead atoms. The van der Waals surface area contributed by atoms with Gasteiger partial charge in [0.25, 0.3) is 0 Å². The zero-order valence-electron chi connectivity index (χ0n) is 23.6. The summed E-state index contributed by atoms with van der Waals surface area (Å²) in [6.07, 6.45) is 0. The maximum absolute atomic E-state index is 6.96. The third-order valence-corrected chi connectivity index (χ3v) is 11.0. The van der Waals surface area contributed by atoms with E-state index in [1.54, 1.807) is 0 Å². The summed E-state index contributed by atoms with van der Waals surface area (Å²) >= 11 is 1.20. The van der Waals surface area contributed by atoms with Crippen LogP contribution in [0.1, 0.15) is 5.56 Å². The van der Waals surface area contributed by atoms with E-state index < -0.39 is 21.5 Å². The van der Waals surface area contributed by atoms with Crippen LogP contribution < -0.4 is 27.2 Å². The van der Waals surface area contributed by atoms with Gasteiger partial charge in [0.05, 0.1) is 0 Å². The minimum atomic E-state index is -0.646. The summed E-state index contributed by atoms with van der Waals surface area (Å²) in [4.78, 5) is 5.02. The summed E-state index contributed by atoms with van der Waals surface area (Å²) in [7, 11) is 0. The van der Waals surface area contributed by atoms with E-state index in [-0.39, 0.29) is 0 Å². The fourth-order valence-electron chi connectivity index (χ4n) is 5.80. The Balaban J connectivity index is 1.31. The Morgan fingerprint density at radius 1 is 0.614 bits per heavy atom. The van der Waals surface area contributed by atoms with Crippen molar-refractivity contribution in [3.63, 3.8) is 0 Å². The van der Waals surface area contributed by atoms with Crippen LogP contribution in [0.5, 0.6) is 0 Å². The number of aliphatic imine (C=N–C) groups is 1. The molecule has 44 heavy (non-hydrogen) atoms. The molecule has 212 valence electrons. The van der Waals surface area contributed by atoms with Gasteiger partial charge < -0.3 is 0 Å². The van der Waals surface area contributed by atoms with Gasteiger partial charge in [0.2, 0.25) is 0 Å². The van der Waals surface area contributed by atoms with Crippen molar-refractivity contribution in [3.05, 3.63) is 155 Å².